The zero-order valence-electron chi connectivity index (χ0n) is 34.8. The van der Waals surface area contributed by atoms with Crippen LogP contribution in [-0.2, 0) is 23.7 Å². The molecule has 2 amide bonds. The summed E-state index contributed by atoms with van der Waals surface area (Å²) in [7, 11) is 3.24. The number of imide groups is 1. The Bertz CT molecular complexity index is 2730. The summed E-state index contributed by atoms with van der Waals surface area (Å²) in [5.41, 5.74) is 1.58. The van der Waals surface area contributed by atoms with Crippen LogP contribution in [0, 0.1) is 23.5 Å². The molecule has 10 rings (SSSR count). The van der Waals surface area contributed by atoms with E-state index in [0.717, 1.165) is 50.8 Å². The highest BCUT2D eigenvalue weighted by Crippen LogP contribution is 2.46. The van der Waals surface area contributed by atoms with Gasteiger partial charge in [0.25, 0.3) is 5.56 Å². The molecule has 63 heavy (non-hydrogen) atoms. The van der Waals surface area contributed by atoms with Gasteiger partial charge in [-0.15, -0.1) is 0 Å². The molecule has 5 aromatic rings. The number of carbonyl (C=O) groups is 2. The molecule has 3 saturated heterocycles. The second-order valence-corrected chi connectivity index (χ2v) is 18.2. The number of nitrogens with zero attached hydrogens (tertiary/aromatic N) is 7. The van der Waals surface area contributed by atoms with Crippen LogP contribution < -0.4 is 31.1 Å². The first-order chi connectivity index (χ1) is 30.2. The van der Waals surface area contributed by atoms with E-state index in [0.29, 0.717) is 66.2 Å². The van der Waals surface area contributed by atoms with Crippen LogP contribution in [0.5, 0.6) is 5.75 Å². The molecule has 0 bridgehead atoms. The lowest BCUT2D eigenvalue weighted by Gasteiger charge is -2.38. The average molecular weight is 891 g/mol. The van der Waals surface area contributed by atoms with Gasteiger partial charge in [-0.05, 0) is 99.6 Å². The number of anilines is 4. The van der Waals surface area contributed by atoms with Gasteiger partial charge in [0.05, 0.1) is 46.3 Å². The molecule has 19 heteroatoms. The van der Waals surface area contributed by atoms with Crippen LogP contribution in [-0.4, -0.2) is 92.3 Å². The summed E-state index contributed by atoms with van der Waals surface area (Å²) >= 11 is 6.55. The maximum absolute atomic E-state index is 15.8. The maximum Gasteiger partial charge on any atom is 0.301 e. The van der Waals surface area contributed by atoms with Crippen molar-refractivity contribution in [3.63, 3.8) is 0 Å². The van der Waals surface area contributed by atoms with E-state index in [1.165, 1.54) is 36.0 Å². The molecule has 1 saturated carbocycles. The summed E-state index contributed by atoms with van der Waals surface area (Å²) in [4.78, 5) is 51.2. The number of amides is 2. The molecule has 4 fully saturated rings. The number of ether oxygens (including phenoxy) is 1. The lowest BCUT2D eigenvalue weighted by Crippen LogP contribution is -2.44. The number of halogens is 5. The number of nitrogens with one attached hydrogen (secondary N) is 3. The number of benzene rings is 2. The minimum Gasteiger partial charge on any atom is -0.480 e. The van der Waals surface area contributed by atoms with E-state index in [1.807, 2.05) is 6.07 Å². The van der Waals surface area contributed by atoms with Crippen molar-refractivity contribution >= 4 is 68.4 Å². The zero-order chi connectivity index (χ0) is 43.9. The number of rotatable bonds is 8. The third kappa shape index (κ3) is 7.72. The standard InChI is InChI=1S/C44H47ClF4N10O4/c1-56-33-18-31(47)32(16-28(33)37-38(42(56)62)63-21-44(48,49)39(53-37)24-3-4-24)51-40-29(45)19-50-43(54-40)59-13-7-22(8-14-59)20-58-11-9-23(10-12-58)26-17-34-27(15-30(26)46)36(55-57(34)2)25-5-6-35(60)52-41(25)61/h15-19,22-25,39,53H,3-14,20-21H2,1-2H3,(H,50,51,54)(H,52,60,61). The van der Waals surface area contributed by atoms with Crippen molar-refractivity contribution in [1.82, 2.24) is 34.5 Å². The number of likely N-dealkylation sites (tertiary alicyclic amines) is 1. The van der Waals surface area contributed by atoms with Crippen molar-refractivity contribution < 1.29 is 31.9 Å². The van der Waals surface area contributed by atoms with E-state index < -0.39 is 41.8 Å². The van der Waals surface area contributed by atoms with Crippen molar-refractivity contribution in [1.29, 1.82) is 0 Å². The van der Waals surface area contributed by atoms with Crippen molar-refractivity contribution in [3.05, 3.63) is 68.7 Å². The topological polar surface area (TPSA) is 152 Å². The number of pyridine rings is 1. The summed E-state index contributed by atoms with van der Waals surface area (Å²) in [5.74, 6) is -4.93. The minimum absolute atomic E-state index is 0.0164. The molecule has 14 nitrogen and oxygen atoms in total. The molecule has 7 heterocycles. The van der Waals surface area contributed by atoms with Crippen LogP contribution >= 0.6 is 11.6 Å². The normalized spacial score (nSPS) is 22.4. The van der Waals surface area contributed by atoms with Gasteiger partial charge in [-0.3, -0.25) is 24.4 Å². The fourth-order valence-corrected chi connectivity index (χ4v) is 10.1. The monoisotopic (exact) mass is 890 g/mol. The predicted molar refractivity (Wildman–Crippen MR) is 229 cm³/mol. The lowest BCUT2D eigenvalue weighted by molar-refractivity contribution is -0.134. The Labute approximate surface area is 364 Å². The average Bonchev–Trinajstić information content (AvgIpc) is 4.07. The third-order valence-corrected chi connectivity index (χ3v) is 14.0. The quantitative estimate of drug-likeness (QED) is 0.113. The highest BCUT2D eigenvalue weighted by atomic mass is 35.5. The molecule has 1 aliphatic carbocycles. The van der Waals surface area contributed by atoms with Crippen LogP contribution in [0.15, 0.2) is 35.3 Å². The van der Waals surface area contributed by atoms with Crippen molar-refractivity contribution in [3.8, 4) is 5.75 Å². The maximum atomic E-state index is 15.8. The van der Waals surface area contributed by atoms with Gasteiger partial charge in [0.1, 0.15) is 16.7 Å². The van der Waals surface area contributed by atoms with Gasteiger partial charge < -0.3 is 29.7 Å². The number of fused-ring (bicyclic) bond motifs is 4. The highest BCUT2D eigenvalue weighted by Gasteiger charge is 2.51. The number of carbonyl (C=O) groups excluding carboxylic acids is 2. The number of piperidine rings is 3. The number of aryl methyl sites for hydroxylation is 2. The minimum atomic E-state index is -3.22. The first-order valence-corrected chi connectivity index (χ1v) is 22.0. The van der Waals surface area contributed by atoms with Crippen LogP contribution in [0.1, 0.15) is 74.5 Å². The predicted octanol–water partition coefficient (Wildman–Crippen LogP) is 6.72. The fraction of sp³-hybridized carbons (Fsp3) is 0.500. The molecule has 2 atom stereocenters. The fourth-order valence-electron chi connectivity index (χ4n) is 9.99. The van der Waals surface area contributed by atoms with E-state index in [-0.39, 0.29) is 63.5 Å². The summed E-state index contributed by atoms with van der Waals surface area (Å²) in [5, 5.41) is 14.0. The van der Waals surface area contributed by atoms with E-state index in [9.17, 15) is 14.4 Å². The summed E-state index contributed by atoms with van der Waals surface area (Å²) in [6, 6.07) is 4.78. The molecule has 332 valence electrons. The van der Waals surface area contributed by atoms with Gasteiger partial charge in [0.2, 0.25) is 23.5 Å². The number of hydrogen-bond donors (Lipinski definition) is 3. The van der Waals surface area contributed by atoms with E-state index in [2.05, 4.69) is 40.8 Å². The number of hydrogen-bond acceptors (Lipinski definition) is 11. The molecule has 2 unspecified atom stereocenters. The first-order valence-electron chi connectivity index (χ1n) is 21.6. The van der Waals surface area contributed by atoms with Gasteiger partial charge in [0.15, 0.2) is 12.4 Å². The van der Waals surface area contributed by atoms with Crippen molar-refractivity contribution in [2.75, 3.05) is 54.9 Å². The summed E-state index contributed by atoms with van der Waals surface area (Å²) in [6.45, 7) is 3.05. The lowest BCUT2D eigenvalue weighted by atomic mass is 9.86. The molecular weight excluding hydrogens is 844 g/mol. The Morgan fingerprint density at radius 3 is 2.41 bits per heavy atom. The molecule has 3 N–H and O–H groups in total. The molecular formula is C44H47ClF4N10O4. The molecule has 0 radical (unpaired) electrons. The Morgan fingerprint density at radius 2 is 1.68 bits per heavy atom. The summed E-state index contributed by atoms with van der Waals surface area (Å²) < 4.78 is 70.2. The Morgan fingerprint density at radius 1 is 0.921 bits per heavy atom. The van der Waals surface area contributed by atoms with Crippen LogP contribution in [0.25, 0.3) is 21.8 Å². The zero-order valence-corrected chi connectivity index (χ0v) is 35.6. The Kier molecular flexibility index (Phi) is 10.5. The van der Waals surface area contributed by atoms with E-state index in [1.54, 1.807) is 11.7 Å². The van der Waals surface area contributed by atoms with E-state index >= 15 is 17.6 Å². The largest absolute Gasteiger partial charge is 0.480 e. The Balaban J connectivity index is 0.780. The second-order valence-electron chi connectivity index (χ2n) is 17.8. The van der Waals surface area contributed by atoms with Gasteiger partial charge in [0, 0.05) is 57.0 Å². The second kappa shape index (κ2) is 15.9. The SMILES string of the molecule is Cn1nc(C2CCC(=O)NC2=O)c2cc(F)c(C3CCN(CC4CCN(c5ncc(Cl)c(Nc6cc7c8c(c(=O)n(C)c7cc6F)OCC(F)(F)C(C6CC6)N8)n5)CC4)CC3)cc21. The smallest absolute Gasteiger partial charge is 0.301 e. The molecule has 3 aromatic heterocycles. The van der Waals surface area contributed by atoms with Crippen LogP contribution in [0.3, 0.4) is 0 Å². The molecule has 0 spiro atoms. The first kappa shape index (κ1) is 41.5. The number of aromatic nitrogens is 5. The van der Waals surface area contributed by atoms with Gasteiger partial charge in [-0.1, -0.05) is 11.6 Å². The molecule has 5 aliphatic rings. The van der Waals surface area contributed by atoms with Crippen LogP contribution in [0.2, 0.25) is 5.02 Å². The van der Waals surface area contributed by atoms with Gasteiger partial charge >= 0.3 is 5.92 Å². The van der Waals surface area contributed by atoms with Crippen molar-refractivity contribution in [2.24, 2.45) is 25.9 Å². The van der Waals surface area contributed by atoms with Crippen LogP contribution in [0.4, 0.5) is 40.7 Å². The Hall–Kier alpha value is -5.49. The van der Waals surface area contributed by atoms with E-state index in [4.69, 9.17) is 16.3 Å². The highest BCUT2D eigenvalue weighted by molar-refractivity contribution is 6.33. The van der Waals surface area contributed by atoms with Crippen molar-refractivity contribution in [2.45, 2.75) is 75.2 Å². The molecule has 4 aliphatic heterocycles. The molecule has 2 aromatic carbocycles. The van der Waals surface area contributed by atoms with Gasteiger partial charge in [-0.25, -0.2) is 22.5 Å². The summed E-state index contributed by atoms with van der Waals surface area (Å²) in [6.07, 6.45) is 6.72. The number of alkyl halides is 2. The van der Waals surface area contributed by atoms with Gasteiger partial charge in [-0.2, -0.15) is 10.1 Å². The third-order valence-electron chi connectivity index (χ3n) is 13.7.